The highest BCUT2D eigenvalue weighted by molar-refractivity contribution is 5.95. The van der Waals surface area contributed by atoms with Gasteiger partial charge in [0.1, 0.15) is 5.75 Å². The highest BCUT2D eigenvalue weighted by Crippen LogP contribution is 2.33. The molecule has 2 aromatic heterocycles. The minimum Gasteiger partial charge on any atom is -0.497 e. The van der Waals surface area contributed by atoms with Gasteiger partial charge >= 0.3 is 0 Å². The van der Waals surface area contributed by atoms with Crippen molar-refractivity contribution in [2.45, 2.75) is 20.4 Å². The van der Waals surface area contributed by atoms with Crippen LogP contribution in [0.4, 0.5) is 0 Å². The van der Waals surface area contributed by atoms with Crippen LogP contribution in [0.3, 0.4) is 0 Å². The second-order valence-electron chi connectivity index (χ2n) is 7.76. The highest BCUT2D eigenvalue weighted by Gasteiger charge is 2.17. The first-order chi connectivity index (χ1) is 14.7. The summed E-state index contributed by atoms with van der Waals surface area (Å²) < 4.78 is 7.73. The van der Waals surface area contributed by atoms with E-state index in [1.54, 1.807) is 7.11 Å². The van der Waals surface area contributed by atoms with Crippen LogP contribution >= 0.6 is 0 Å². The molecule has 0 aliphatic rings. The van der Waals surface area contributed by atoms with Gasteiger partial charge in [-0.05, 0) is 72.1 Å². The summed E-state index contributed by atoms with van der Waals surface area (Å²) in [6, 6.07) is 25.5. The van der Waals surface area contributed by atoms with Crippen LogP contribution < -0.4 is 4.74 Å². The van der Waals surface area contributed by atoms with Crippen LogP contribution in [-0.2, 0) is 6.54 Å². The van der Waals surface area contributed by atoms with Crippen molar-refractivity contribution in [3.05, 3.63) is 95.8 Å². The molecule has 0 fully saturated rings. The van der Waals surface area contributed by atoms with Gasteiger partial charge in [0.05, 0.1) is 18.3 Å². The van der Waals surface area contributed by atoms with E-state index >= 15 is 0 Å². The molecule has 0 saturated carbocycles. The molecule has 0 bridgehead atoms. The van der Waals surface area contributed by atoms with E-state index in [0.717, 1.165) is 23.6 Å². The lowest BCUT2D eigenvalue weighted by atomic mass is 10.1. The minimum absolute atomic E-state index is 0.815. The topological polar surface area (TPSA) is 27.1 Å². The zero-order valence-electron chi connectivity index (χ0n) is 17.5. The molecule has 3 heteroatoms. The van der Waals surface area contributed by atoms with Crippen molar-refractivity contribution in [1.82, 2.24) is 9.55 Å². The Morgan fingerprint density at radius 1 is 0.867 bits per heavy atom. The van der Waals surface area contributed by atoms with E-state index in [1.807, 2.05) is 18.3 Å². The standard InChI is InChI=1S/C27H24N2O/c1-18-19(2)29(17-20-8-9-21-6-4-5-7-23(21)16-20)27-25(18)14-15-28-26(27)22-10-12-24(30-3)13-11-22/h4-16H,17H2,1-3H3. The van der Waals surface area contributed by atoms with Crippen LogP contribution in [0.1, 0.15) is 16.8 Å². The first-order valence-electron chi connectivity index (χ1n) is 10.2. The summed E-state index contributed by atoms with van der Waals surface area (Å²) >= 11 is 0. The van der Waals surface area contributed by atoms with Crippen molar-refractivity contribution in [1.29, 1.82) is 0 Å². The van der Waals surface area contributed by atoms with Crippen molar-refractivity contribution < 1.29 is 4.74 Å². The summed E-state index contributed by atoms with van der Waals surface area (Å²) in [5.74, 6) is 0.852. The van der Waals surface area contributed by atoms with Gasteiger partial charge in [0, 0.05) is 29.4 Å². The van der Waals surface area contributed by atoms with E-state index in [9.17, 15) is 0 Å². The number of pyridine rings is 1. The Labute approximate surface area is 176 Å². The predicted molar refractivity (Wildman–Crippen MR) is 124 cm³/mol. The Morgan fingerprint density at radius 3 is 2.40 bits per heavy atom. The molecule has 0 atom stereocenters. The maximum atomic E-state index is 5.33. The smallest absolute Gasteiger partial charge is 0.118 e. The molecule has 0 saturated heterocycles. The van der Waals surface area contributed by atoms with Crippen molar-refractivity contribution in [3.8, 4) is 17.0 Å². The normalized spacial score (nSPS) is 11.3. The van der Waals surface area contributed by atoms with Crippen molar-refractivity contribution in [2.24, 2.45) is 0 Å². The third kappa shape index (κ3) is 3.03. The lowest BCUT2D eigenvalue weighted by molar-refractivity contribution is 0.415. The number of methoxy groups -OCH3 is 1. The molecule has 0 spiro atoms. The number of benzene rings is 3. The zero-order chi connectivity index (χ0) is 20.7. The Balaban J connectivity index is 1.67. The van der Waals surface area contributed by atoms with Gasteiger partial charge in [0.25, 0.3) is 0 Å². The van der Waals surface area contributed by atoms with Crippen LogP contribution in [-0.4, -0.2) is 16.7 Å². The Bertz CT molecular complexity index is 1360. The molecule has 5 aromatic rings. The molecule has 3 nitrogen and oxygen atoms in total. The Kier molecular flexibility index (Phi) is 4.51. The quantitative estimate of drug-likeness (QED) is 0.348. The van der Waals surface area contributed by atoms with Gasteiger partial charge in [-0.3, -0.25) is 4.98 Å². The average molecular weight is 393 g/mol. The van der Waals surface area contributed by atoms with Crippen LogP contribution in [0, 0.1) is 13.8 Å². The lowest BCUT2D eigenvalue weighted by Crippen LogP contribution is -2.03. The number of ether oxygens (including phenoxy) is 1. The summed E-state index contributed by atoms with van der Waals surface area (Å²) in [6.45, 7) is 5.22. The average Bonchev–Trinajstić information content (AvgIpc) is 3.04. The first kappa shape index (κ1) is 18.4. The van der Waals surface area contributed by atoms with E-state index < -0.39 is 0 Å². The van der Waals surface area contributed by atoms with E-state index in [-0.39, 0.29) is 0 Å². The van der Waals surface area contributed by atoms with Crippen LogP contribution in [0.15, 0.2) is 79.0 Å². The minimum atomic E-state index is 0.815. The zero-order valence-corrected chi connectivity index (χ0v) is 17.5. The molecule has 5 rings (SSSR count). The maximum absolute atomic E-state index is 5.33. The van der Waals surface area contributed by atoms with Gasteiger partial charge in [-0.2, -0.15) is 0 Å². The van der Waals surface area contributed by atoms with Gasteiger partial charge in [0.15, 0.2) is 0 Å². The molecule has 30 heavy (non-hydrogen) atoms. The number of hydrogen-bond acceptors (Lipinski definition) is 2. The number of nitrogens with zero attached hydrogens (tertiary/aromatic N) is 2. The van der Waals surface area contributed by atoms with Gasteiger partial charge in [-0.1, -0.05) is 36.4 Å². The third-order valence-corrected chi connectivity index (χ3v) is 6.06. The van der Waals surface area contributed by atoms with E-state index in [1.165, 1.54) is 38.5 Å². The number of aromatic nitrogens is 2. The first-order valence-corrected chi connectivity index (χ1v) is 10.2. The molecule has 0 aliphatic carbocycles. The van der Waals surface area contributed by atoms with Crippen molar-refractivity contribution >= 4 is 21.7 Å². The summed E-state index contributed by atoms with van der Waals surface area (Å²) in [4.78, 5) is 4.78. The van der Waals surface area contributed by atoms with Crippen molar-refractivity contribution in [3.63, 3.8) is 0 Å². The Hall–Kier alpha value is -3.59. The molecule has 148 valence electrons. The molecular weight excluding hydrogens is 368 g/mol. The van der Waals surface area contributed by atoms with Crippen molar-refractivity contribution in [2.75, 3.05) is 7.11 Å². The van der Waals surface area contributed by atoms with E-state index in [0.29, 0.717) is 0 Å². The highest BCUT2D eigenvalue weighted by atomic mass is 16.5. The number of aryl methyl sites for hydroxylation is 1. The van der Waals surface area contributed by atoms with Gasteiger partial charge < -0.3 is 9.30 Å². The molecule has 0 radical (unpaired) electrons. The SMILES string of the molecule is COc1ccc(-c2nccc3c(C)c(C)n(Cc4ccc5ccccc5c4)c23)cc1. The van der Waals surface area contributed by atoms with Gasteiger partial charge in [-0.25, -0.2) is 0 Å². The summed E-state index contributed by atoms with van der Waals surface area (Å²) in [7, 11) is 1.69. The fourth-order valence-electron chi connectivity index (χ4n) is 4.27. The number of rotatable bonds is 4. The molecular formula is C27H24N2O. The molecule has 0 unspecified atom stereocenters. The van der Waals surface area contributed by atoms with Gasteiger partial charge in [0.2, 0.25) is 0 Å². The van der Waals surface area contributed by atoms with Crippen LogP contribution in [0.25, 0.3) is 32.9 Å². The molecule has 0 N–H and O–H groups in total. The summed E-state index contributed by atoms with van der Waals surface area (Å²) in [5.41, 5.74) is 7.17. The number of hydrogen-bond donors (Lipinski definition) is 0. The third-order valence-electron chi connectivity index (χ3n) is 6.06. The maximum Gasteiger partial charge on any atom is 0.118 e. The molecule has 2 heterocycles. The summed E-state index contributed by atoms with van der Waals surface area (Å²) in [5, 5.41) is 3.80. The summed E-state index contributed by atoms with van der Waals surface area (Å²) in [6.07, 6.45) is 1.91. The molecule has 0 aliphatic heterocycles. The fraction of sp³-hybridized carbons (Fsp3) is 0.148. The second kappa shape index (κ2) is 7.34. The monoisotopic (exact) mass is 392 g/mol. The largest absolute Gasteiger partial charge is 0.497 e. The van der Waals surface area contributed by atoms with Gasteiger partial charge in [-0.15, -0.1) is 0 Å². The second-order valence-corrected chi connectivity index (χ2v) is 7.76. The van der Waals surface area contributed by atoms with E-state index in [4.69, 9.17) is 9.72 Å². The molecule has 3 aromatic carbocycles. The predicted octanol–water partition coefficient (Wildman–Crippen LogP) is 6.53. The fourth-order valence-corrected chi connectivity index (χ4v) is 4.27. The van der Waals surface area contributed by atoms with Crippen LogP contribution in [0.5, 0.6) is 5.75 Å². The van der Waals surface area contributed by atoms with Crippen LogP contribution in [0.2, 0.25) is 0 Å². The van der Waals surface area contributed by atoms with E-state index in [2.05, 4.69) is 79.1 Å². The number of fused-ring (bicyclic) bond motifs is 2. The molecule has 0 amide bonds. The Morgan fingerprint density at radius 2 is 1.63 bits per heavy atom. The lowest BCUT2D eigenvalue weighted by Gasteiger charge is -2.13.